The molecule has 0 saturated carbocycles. The normalized spacial score (nSPS) is 25.4. The van der Waals surface area contributed by atoms with Crippen LogP contribution in [0, 0.1) is 0 Å². The lowest BCUT2D eigenvalue weighted by molar-refractivity contribution is -0.252. The van der Waals surface area contributed by atoms with Gasteiger partial charge in [-0.15, -0.1) is 0 Å². The monoisotopic (exact) mass is 348 g/mol. The van der Waals surface area contributed by atoms with Crippen LogP contribution in [-0.4, -0.2) is 42.4 Å². The largest absolute Gasteiger partial charge is 0.391 e. The summed E-state index contributed by atoms with van der Waals surface area (Å²) in [4.78, 5) is 0. The van der Waals surface area contributed by atoms with Gasteiger partial charge in [-0.25, -0.2) is 0 Å². The van der Waals surface area contributed by atoms with E-state index in [1.807, 2.05) is 0 Å². The van der Waals surface area contributed by atoms with Crippen molar-refractivity contribution in [3.8, 4) is 0 Å². The molecule has 1 heterocycles. The van der Waals surface area contributed by atoms with Crippen molar-refractivity contribution in [3.05, 3.63) is 0 Å². The molecular weight excluding hydrogens is 312 g/mol. The first-order chi connectivity index (χ1) is 9.66. The van der Waals surface area contributed by atoms with Crippen molar-refractivity contribution < 1.29 is 18.3 Å². The predicted octanol–water partition coefficient (Wildman–Crippen LogP) is 4.73. The molecule has 0 aromatic heterocycles. The van der Waals surface area contributed by atoms with Gasteiger partial charge in [0.05, 0.1) is 13.2 Å². The molecule has 2 unspecified atom stereocenters. The molecule has 6 heteroatoms. The van der Waals surface area contributed by atoms with E-state index in [-0.39, 0.29) is 22.7 Å². The van der Waals surface area contributed by atoms with Crippen LogP contribution in [0.15, 0.2) is 0 Å². The van der Waals surface area contributed by atoms with Gasteiger partial charge in [0, 0.05) is 0 Å². The smallest absolute Gasteiger partial charge is 0.195 e. The van der Waals surface area contributed by atoms with Crippen molar-refractivity contribution in [3.63, 3.8) is 0 Å². The third-order valence-corrected chi connectivity index (χ3v) is 14.2. The Balaban J connectivity index is 2.51. The van der Waals surface area contributed by atoms with Gasteiger partial charge in [0.1, 0.15) is 0 Å². The number of rotatable bonds is 4. The first-order valence-corrected chi connectivity index (χ1v) is 14.1. The van der Waals surface area contributed by atoms with Crippen molar-refractivity contribution in [1.29, 1.82) is 0 Å². The van der Waals surface area contributed by atoms with Gasteiger partial charge in [-0.1, -0.05) is 41.5 Å². The molecule has 1 aliphatic rings. The van der Waals surface area contributed by atoms with Gasteiger partial charge in [0.15, 0.2) is 29.2 Å². The molecule has 1 saturated heterocycles. The molecule has 0 aromatic rings. The minimum absolute atomic E-state index is 0.171. The predicted molar refractivity (Wildman–Crippen MR) is 96.0 cm³/mol. The van der Waals surface area contributed by atoms with Crippen molar-refractivity contribution in [2.45, 2.75) is 90.4 Å². The van der Waals surface area contributed by atoms with Crippen molar-refractivity contribution in [2.24, 2.45) is 0 Å². The van der Waals surface area contributed by atoms with E-state index in [4.69, 9.17) is 18.3 Å². The summed E-state index contributed by atoms with van der Waals surface area (Å²) in [6.07, 6.45) is -0.527. The Labute approximate surface area is 139 Å². The fourth-order valence-electron chi connectivity index (χ4n) is 1.61. The van der Waals surface area contributed by atoms with E-state index >= 15 is 0 Å². The number of hydrogen-bond donors (Lipinski definition) is 0. The molecule has 0 aromatic carbocycles. The maximum absolute atomic E-state index is 6.24. The Bertz CT molecular complexity index is 325. The van der Waals surface area contributed by atoms with E-state index in [1.54, 1.807) is 0 Å². The average molecular weight is 349 g/mol. The second-order valence-electron chi connectivity index (χ2n) is 9.28. The molecule has 1 aliphatic heterocycles. The van der Waals surface area contributed by atoms with E-state index < -0.39 is 16.6 Å². The van der Waals surface area contributed by atoms with Gasteiger partial charge in [-0.05, 0) is 36.3 Å². The Morgan fingerprint density at radius 1 is 0.682 bits per heavy atom. The number of hydrogen-bond acceptors (Lipinski definition) is 4. The Kier molecular flexibility index (Phi) is 6.14. The molecule has 2 atom stereocenters. The Morgan fingerprint density at radius 2 is 0.955 bits per heavy atom. The fourth-order valence-corrected chi connectivity index (χ4v) is 3.91. The Morgan fingerprint density at radius 3 is 1.14 bits per heavy atom. The molecule has 132 valence electrons. The van der Waals surface area contributed by atoms with Crippen LogP contribution < -0.4 is 0 Å². The molecule has 4 nitrogen and oxygen atoms in total. The van der Waals surface area contributed by atoms with Crippen molar-refractivity contribution in [2.75, 3.05) is 13.2 Å². The average Bonchev–Trinajstić information content (AvgIpc) is 2.28. The maximum atomic E-state index is 6.24. The summed E-state index contributed by atoms with van der Waals surface area (Å²) in [6.45, 7) is 23.2. The van der Waals surface area contributed by atoms with Crippen molar-refractivity contribution in [1.82, 2.24) is 0 Å². The second kappa shape index (κ2) is 6.65. The first-order valence-electron chi connectivity index (χ1n) is 8.24. The van der Waals surface area contributed by atoms with Crippen LogP contribution in [0.3, 0.4) is 0 Å². The van der Waals surface area contributed by atoms with E-state index in [0.29, 0.717) is 13.2 Å². The van der Waals surface area contributed by atoms with Crippen LogP contribution in [0.4, 0.5) is 0 Å². The zero-order chi connectivity index (χ0) is 17.4. The minimum atomic E-state index is -1.83. The van der Waals surface area contributed by atoms with Gasteiger partial charge >= 0.3 is 0 Å². The highest BCUT2D eigenvalue weighted by molar-refractivity contribution is 6.74. The van der Waals surface area contributed by atoms with Crippen LogP contribution in [-0.2, 0) is 18.3 Å². The quantitative estimate of drug-likeness (QED) is 0.688. The molecule has 0 bridgehead atoms. The Hall–Kier alpha value is 0.274. The summed E-state index contributed by atoms with van der Waals surface area (Å²) in [7, 11) is -3.66. The molecule has 0 radical (unpaired) electrons. The van der Waals surface area contributed by atoms with E-state index in [0.717, 1.165) is 0 Å². The van der Waals surface area contributed by atoms with Gasteiger partial charge in [-0.2, -0.15) is 0 Å². The summed E-state index contributed by atoms with van der Waals surface area (Å²) in [5.41, 5.74) is 0. The zero-order valence-electron chi connectivity index (χ0n) is 16.2. The molecule has 22 heavy (non-hydrogen) atoms. The highest BCUT2D eigenvalue weighted by Gasteiger charge is 2.43. The molecule has 0 N–H and O–H groups in total. The summed E-state index contributed by atoms with van der Waals surface area (Å²) < 4.78 is 24.2. The molecule has 0 spiro atoms. The van der Waals surface area contributed by atoms with Crippen LogP contribution in [0.5, 0.6) is 0 Å². The van der Waals surface area contributed by atoms with E-state index in [9.17, 15) is 0 Å². The lowest BCUT2D eigenvalue weighted by Gasteiger charge is -2.43. The third kappa shape index (κ3) is 5.14. The second-order valence-corrected chi connectivity index (χ2v) is 18.8. The summed E-state index contributed by atoms with van der Waals surface area (Å²) in [6, 6.07) is 0. The van der Waals surface area contributed by atoms with Gasteiger partial charge < -0.3 is 18.3 Å². The van der Waals surface area contributed by atoms with Crippen LogP contribution >= 0.6 is 0 Å². The minimum Gasteiger partial charge on any atom is -0.391 e. The van der Waals surface area contributed by atoms with Gasteiger partial charge in [0.25, 0.3) is 0 Å². The lowest BCUT2D eigenvalue weighted by atomic mass is 10.2. The zero-order valence-corrected chi connectivity index (χ0v) is 18.2. The highest BCUT2D eigenvalue weighted by Crippen LogP contribution is 2.39. The third-order valence-electron chi connectivity index (χ3n) is 5.30. The first kappa shape index (κ1) is 20.3. The van der Waals surface area contributed by atoms with E-state index in [1.165, 1.54) is 0 Å². The molecular formula is C16H36O4Si2. The van der Waals surface area contributed by atoms with Crippen molar-refractivity contribution >= 4 is 16.6 Å². The topological polar surface area (TPSA) is 36.9 Å². The number of ether oxygens (including phenoxy) is 2. The molecule has 0 aliphatic carbocycles. The standard InChI is InChI=1S/C16H36O4Si2/c1-15(2,3)21(7,8)19-13-11-18-14(12-17-13)20-22(9,10)16(4,5)6/h13-14H,11-12H2,1-10H3. The fraction of sp³-hybridized carbons (Fsp3) is 1.00. The summed E-state index contributed by atoms with van der Waals surface area (Å²) >= 11 is 0. The molecule has 1 fully saturated rings. The summed E-state index contributed by atoms with van der Waals surface area (Å²) in [5.74, 6) is 0. The van der Waals surface area contributed by atoms with Crippen LogP contribution in [0.25, 0.3) is 0 Å². The van der Waals surface area contributed by atoms with Crippen LogP contribution in [0.1, 0.15) is 41.5 Å². The molecule has 1 rings (SSSR count). The maximum Gasteiger partial charge on any atom is 0.195 e. The van der Waals surface area contributed by atoms with Gasteiger partial charge in [0.2, 0.25) is 0 Å². The van der Waals surface area contributed by atoms with Gasteiger partial charge in [-0.3, -0.25) is 0 Å². The molecule has 0 amide bonds. The highest BCUT2D eigenvalue weighted by atomic mass is 28.4. The SMILES string of the molecule is CC(C)(C)[Si](C)(C)OC1COC(O[Si](C)(C)C(C)(C)C)CO1. The van der Waals surface area contributed by atoms with Crippen LogP contribution in [0.2, 0.25) is 36.3 Å². The summed E-state index contributed by atoms with van der Waals surface area (Å²) in [5, 5.41) is 0.343. The lowest BCUT2D eigenvalue weighted by Crippen LogP contribution is -2.51. The van der Waals surface area contributed by atoms with E-state index in [2.05, 4.69) is 67.7 Å².